The number of pyridine rings is 1. The quantitative estimate of drug-likeness (QED) is 0.831. The molecule has 108 valence electrons. The number of amides is 1. The molecule has 1 aromatic heterocycles. The Labute approximate surface area is 116 Å². The van der Waals surface area contributed by atoms with Crippen molar-refractivity contribution in [3.63, 3.8) is 0 Å². The van der Waals surface area contributed by atoms with Crippen LogP contribution in [0.15, 0.2) is 18.3 Å². The molecule has 20 heavy (non-hydrogen) atoms. The van der Waals surface area contributed by atoms with Gasteiger partial charge in [0.25, 0.3) is 5.91 Å². The van der Waals surface area contributed by atoms with Crippen LogP contribution in [0.3, 0.4) is 0 Å². The Kier molecular flexibility index (Phi) is 3.89. The lowest BCUT2D eigenvalue weighted by molar-refractivity contribution is -0.142. The van der Waals surface area contributed by atoms with E-state index in [-0.39, 0.29) is 18.2 Å². The summed E-state index contributed by atoms with van der Waals surface area (Å²) in [5.41, 5.74) is -0.336. The lowest BCUT2D eigenvalue weighted by Gasteiger charge is -2.25. The van der Waals surface area contributed by atoms with Crippen LogP contribution in [0.2, 0.25) is 0 Å². The van der Waals surface area contributed by atoms with Crippen molar-refractivity contribution in [2.45, 2.75) is 12.0 Å². The SMILES string of the molecule is CN(C)C(=O)c1cc(NC2(C(=O)O)CCOC2)ccn1. The molecule has 1 unspecified atom stereocenters. The normalized spacial score (nSPS) is 21.5. The van der Waals surface area contributed by atoms with Gasteiger partial charge in [-0.15, -0.1) is 0 Å². The second-order valence-corrected chi connectivity index (χ2v) is 4.94. The van der Waals surface area contributed by atoms with Crippen molar-refractivity contribution in [3.05, 3.63) is 24.0 Å². The summed E-state index contributed by atoms with van der Waals surface area (Å²) in [6.45, 7) is 0.496. The molecule has 0 saturated carbocycles. The average molecular weight is 279 g/mol. The van der Waals surface area contributed by atoms with E-state index in [1.807, 2.05) is 0 Å². The maximum absolute atomic E-state index is 11.8. The van der Waals surface area contributed by atoms with Gasteiger partial charge in [-0.25, -0.2) is 4.79 Å². The van der Waals surface area contributed by atoms with E-state index in [1.54, 1.807) is 26.2 Å². The van der Waals surface area contributed by atoms with E-state index in [0.29, 0.717) is 18.7 Å². The first-order valence-electron chi connectivity index (χ1n) is 6.22. The van der Waals surface area contributed by atoms with Crippen LogP contribution in [0.5, 0.6) is 0 Å². The number of aliphatic carboxylic acids is 1. The van der Waals surface area contributed by atoms with Crippen molar-refractivity contribution in [3.8, 4) is 0 Å². The van der Waals surface area contributed by atoms with Crippen LogP contribution in [0.25, 0.3) is 0 Å². The summed E-state index contributed by atoms with van der Waals surface area (Å²) in [5, 5.41) is 12.3. The van der Waals surface area contributed by atoms with Crippen LogP contribution in [0.4, 0.5) is 5.69 Å². The maximum atomic E-state index is 11.8. The van der Waals surface area contributed by atoms with Crippen LogP contribution >= 0.6 is 0 Å². The summed E-state index contributed by atoms with van der Waals surface area (Å²) in [5.74, 6) is -1.20. The van der Waals surface area contributed by atoms with Crippen molar-refractivity contribution in [2.75, 3.05) is 32.6 Å². The number of carboxylic acid groups (broad SMARTS) is 1. The van der Waals surface area contributed by atoms with Gasteiger partial charge in [-0.05, 0) is 12.1 Å². The first-order chi connectivity index (χ1) is 9.44. The molecule has 2 rings (SSSR count). The summed E-state index contributed by atoms with van der Waals surface area (Å²) in [7, 11) is 3.27. The topological polar surface area (TPSA) is 91.8 Å². The number of rotatable bonds is 4. The first kappa shape index (κ1) is 14.3. The fraction of sp³-hybridized carbons (Fsp3) is 0.462. The highest BCUT2D eigenvalue weighted by Gasteiger charge is 2.42. The van der Waals surface area contributed by atoms with Gasteiger partial charge < -0.3 is 20.1 Å². The summed E-state index contributed by atoms with van der Waals surface area (Å²) >= 11 is 0. The first-order valence-corrected chi connectivity index (χ1v) is 6.22. The minimum Gasteiger partial charge on any atom is -0.479 e. The molecule has 7 nitrogen and oxygen atoms in total. The second-order valence-electron chi connectivity index (χ2n) is 4.94. The predicted molar refractivity (Wildman–Crippen MR) is 71.7 cm³/mol. The molecule has 0 spiro atoms. The third kappa shape index (κ3) is 2.72. The lowest BCUT2D eigenvalue weighted by atomic mass is 9.98. The fourth-order valence-corrected chi connectivity index (χ4v) is 2.02. The average Bonchev–Trinajstić information content (AvgIpc) is 2.88. The standard InChI is InChI=1S/C13H17N3O4/c1-16(2)11(17)10-7-9(3-5-14-10)15-13(12(18)19)4-6-20-8-13/h3,5,7H,4,6,8H2,1-2H3,(H,14,15)(H,18,19). The number of aromatic nitrogens is 1. The van der Waals surface area contributed by atoms with Crippen molar-refractivity contribution in [1.82, 2.24) is 9.88 Å². The van der Waals surface area contributed by atoms with Crippen LogP contribution in [0.1, 0.15) is 16.9 Å². The van der Waals surface area contributed by atoms with Gasteiger partial charge in [0.2, 0.25) is 0 Å². The van der Waals surface area contributed by atoms with E-state index in [0.717, 1.165) is 0 Å². The van der Waals surface area contributed by atoms with E-state index in [2.05, 4.69) is 10.3 Å². The number of hydrogen-bond acceptors (Lipinski definition) is 5. The monoisotopic (exact) mass is 279 g/mol. The predicted octanol–water partition coefficient (Wildman–Crippen LogP) is 0.439. The van der Waals surface area contributed by atoms with Crippen molar-refractivity contribution in [2.24, 2.45) is 0 Å². The van der Waals surface area contributed by atoms with Crippen molar-refractivity contribution >= 4 is 17.6 Å². The molecule has 1 aromatic rings. The number of nitrogens with one attached hydrogen (secondary N) is 1. The Bertz CT molecular complexity index is 524. The largest absolute Gasteiger partial charge is 0.479 e. The van der Waals surface area contributed by atoms with Gasteiger partial charge in [0.1, 0.15) is 5.69 Å². The molecular formula is C13H17N3O4. The van der Waals surface area contributed by atoms with Crippen molar-refractivity contribution < 1.29 is 19.4 Å². The molecule has 7 heteroatoms. The number of anilines is 1. The highest BCUT2D eigenvalue weighted by atomic mass is 16.5. The van der Waals surface area contributed by atoms with Gasteiger partial charge in [0.15, 0.2) is 5.54 Å². The minimum atomic E-state index is -1.14. The molecule has 2 N–H and O–H groups in total. The van der Waals surface area contributed by atoms with Crippen LogP contribution in [-0.4, -0.2) is 59.7 Å². The van der Waals surface area contributed by atoms with Gasteiger partial charge in [0, 0.05) is 39.0 Å². The lowest BCUT2D eigenvalue weighted by Crippen LogP contribution is -2.47. The number of ether oxygens (including phenoxy) is 1. The highest BCUT2D eigenvalue weighted by molar-refractivity contribution is 5.93. The molecule has 1 saturated heterocycles. The smallest absolute Gasteiger partial charge is 0.331 e. The zero-order valence-electron chi connectivity index (χ0n) is 11.4. The Balaban J connectivity index is 2.23. The maximum Gasteiger partial charge on any atom is 0.331 e. The Morgan fingerprint density at radius 1 is 1.50 bits per heavy atom. The third-order valence-corrected chi connectivity index (χ3v) is 3.20. The molecule has 0 bridgehead atoms. The molecule has 1 atom stereocenters. The highest BCUT2D eigenvalue weighted by Crippen LogP contribution is 2.25. The fourth-order valence-electron chi connectivity index (χ4n) is 2.02. The Morgan fingerprint density at radius 3 is 2.80 bits per heavy atom. The van der Waals surface area contributed by atoms with Gasteiger partial charge in [-0.3, -0.25) is 9.78 Å². The molecule has 1 amide bonds. The van der Waals surface area contributed by atoms with Crippen LogP contribution in [0, 0.1) is 0 Å². The van der Waals surface area contributed by atoms with Gasteiger partial charge >= 0.3 is 5.97 Å². The number of hydrogen-bond donors (Lipinski definition) is 2. The number of carbonyl (C=O) groups is 2. The minimum absolute atomic E-state index is 0.0988. The molecule has 1 aliphatic heterocycles. The summed E-state index contributed by atoms with van der Waals surface area (Å²) in [6.07, 6.45) is 1.85. The third-order valence-electron chi connectivity index (χ3n) is 3.20. The van der Waals surface area contributed by atoms with Gasteiger partial charge in [-0.1, -0.05) is 0 Å². The zero-order valence-corrected chi connectivity index (χ0v) is 11.4. The van der Waals surface area contributed by atoms with E-state index < -0.39 is 11.5 Å². The van der Waals surface area contributed by atoms with E-state index in [4.69, 9.17) is 4.74 Å². The molecular weight excluding hydrogens is 262 g/mol. The second kappa shape index (κ2) is 5.46. The molecule has 1 fully saturated rings. The number of carboxylic acids is 1. The van der Waals surface area contributed by atoms with Crippen LogP contribution in [-0.2, 0) is 9.53 Å². The summed E-state index contributed by atoms with van der Waals surface area (Å²) in [6, 6.07) is 3.18. The van der Waals surface area contributed by atoms with E-state index in [9.17, 15) is 14.7 Å². The van der Waals surface area contributed by atoms with Crippen molar-refractivity contribution in [1.29, 1.82) is 0 Å². The zero-order chi connectivity index (χ0) is 14.8. The number of nitrogens with zero attached hydrogens (tertiary/aromatic N) is 2. The molecule has 1 aliphatic rings. The molecule has 0 aromatic carbocycles. The van der Waals surface area contributed by atoms with Gasteiger partial charge in [0.05, 0.1) is 6.61 Å². The van der Waals surface area contributed by atoms with Gasteiger partial charge in [-0.2, -0.15) is 0 Å². The number of carbonyl (C=O) groups excluding carboxylic acids is 1. The van der Waals surface area contributed by atoms with Crippen LogP contribution < -0.4 is 5.32 Å². The van der Waals surface area contributed by atoms with E-state index >= 15 is 0 Å². The molecule has 0 radical (unpaired) electrons. The molecule has 2 heterocycles. The Hall–Kier alpha value is -2.15. The molecule has 0 aliphatic carbocycles. The Morgan fingerprint density at radius 2 is 2.25 bits per heavy atom. The summed E-state index contributed by atoms with van der Waals surface area (Å²) in [4.78, 5) is 28.7. The van der Waals surface area contributed by atoms with E-state index in [1.165, 1.54) is 11.1 Å². The summed E-state index contributed by atoms with van der Waals surface area (Å²) < 4.78 is 5.18.